The van der Waals surface area contributed by atoms with Crippen molar-refractivity contribution in [2.24, 2.45) is 5.92 Å². The van der Waals surface area contributed by atoms with Gasteiger partial charge in [-0.3, -0.25) is 4.79 Å². The number of fused-ring (bicyclic) bond motifs is 2. The molecule has 1 N–H and O–H groups in total. The Balaban J connectivity index is 1.56. The maximum Gasteiger partial charge on any atom is 0.341 e. The molecule has 1 aliphatic carbocycles. The smallest absolute Gasteiger partial charge is 0.341 e. The van der Waals surface area contributed by atoms with Crippen LogP contribution in [0.4, 0.5) is 5.00 Å². The number of thiophene rings is 1. The number of rotatable bonds is 6. The van der Waals surface area contributed by atoms with Crippen molar-refractivity contribution in [3.8, 4) is 11.3 Å². The molecular weight excluding hydrogens is 480 g/mol. The van der Waals surface area contributed by atoms with E-state index in [4.69, 9.17) is 9.72 Å². The van der Waals surface area contributed by atoms with Crippen molar-refractivity contribution in [2.45, 2.75) is 52.9 Å². The summed E-state index contributed by atoms with van der Waals surface area (Å²) in [5.74, 6) is 0.373. The summed E-state index contributed by atoms with van der Waals surface area (Å²) in [6.07, 6.45) is 2.76. The average molecular weight is 513 g/mol. The zero-order valence-electron chi connectivity index (χ0n) is 21.8. The third-order valence-corrected chi connectivity index (χ3v) is 8.22. The predicted octanol–water partition coefficient (Wildman–Crippen LogP) is 7.64. The topological polar surface area (TPSA) is 68.3 Å². The van der Waals surface area contributed by atoms with Crippen LogP contribution in [0, 0.1) is 5.92 Å². The van der Waals surface area contributed by atoms with Crippen LogP contribution < -0.4 is 5.32 Å². The van der Waals surface area contributed by atoms with Crippen LogP contribution in [0.3, 0.4) is 0 Å². The number of pyridine rings is 1. The summed E-state index contributed by atoms with van der Waals surface area (Å²) in [6.45, 7) is 8.65. The largest absolute Gasteiger partial charge is 0.462 e. The maximum atomic E-state index is 13.8. The van der Waals surface area contributed by atoms with Gasteiger partial charge in [0.2, 0.25) is 0 Å². The van der Waals surface area contributed by atoms with Gasteiger partial charge in [-0.1, -0.05) is 63.2 Å². The molecule has 6 heteroatoms. The van der Waals surface area contributed by atoms with Gasteiger partial charge in [0, 0.05) is 15.8 Å². The molecule has 0 spiro atoms. The molecule has 190 valence electrons. The lowest BCUT2D eigenvalue weighted by molar-refractivity contribution is 0.0526. The monoisotopic (exact) mass is 512 g/mol. The van der Waals surface area contributed by atoms with Gasteiger partial charge < -0.3 is 10.1 Å². The van der Waals surface area contributed by atoms with Gasteiger partial charge in [0.05, 0.1) is 28.9 Å². The molecule has 2 aromatic carbocycles. The highest BCUT2D eigenvalue weighted by Gasteiger charge is 2.29. The molecule has 1 aliphatic rings. The first kappa shape index (κ1) is 25.2. The van der Waals surface area contributed by atoms with E-state index in [9.17, 15) is 9.59 Å². The Kier molecular flexibility index (Phi) is 7.11. The third kappa shape index (κ3) is 5.03. The first-order valence-corrected chi connectivity index (χ1v) is 13.8. The van der Waals surface area contributed by atoms with E-state index in [1.54, 1.807) is 6.92 Å². The first-order valence-electron chi connectivity index (χ1n) is 13.0. The lowest BCUT2D eigenvalue weighted by Crippen LogP contribution is -2.17. The van der Waals surface area contributed by atoms with Crippen molar-refractivity contribution in [1.29, 1.82) is 0 Å². The minimum atomic E-state index is -0.365. The van der Waals surface area contributed by atoms with Gasteiger partial charge in [0.25, 0.3) is 5.91 Å². The van der Waals surface area contributed by atoms with Crippen LogP contribution in [0.5, 0.6) is 0 Å². The van der Waals surface area contributed by atoms with Crippen LogP contribution >= 0.6 is 11.3 Å². The lowest BCUT2D eigenvalue weighted by atomic mass is 9.88. The molecule has 4 aromatic rings. The quantitative estimate of drug-likeness (QED) is 0.270. The number of esters is 1. The minimum absolute atomic E-state index is 0.254. The Hall–Kier alpha value is -3.51. The highest BCUT2D eigenvalue weighted by atomic mass is 32.1. The van der Waals surface area contributed by atoms with E-state index < -0.39 is 0 Å². The van der Waals surface area contributed by atoms with E-state index >= 15 is 0 Å². The Bertz CT molecular complexity index is 1470. The Morgan fingerprint density at radius 1 is 1.14 bits per heavy atom. The summed E-state index contributed by atoms with van der Waals surface area (Å²) in [4.78, 5) is 32.7. The third-order valence-electron chi connectivity index (χ3n) is 7.05. The molecule has 0 fully saturated rings. The fraction of sp³-hybridized carbons (Fsp3) is 0.323. The molecule has 2 aromatic heterocycles. The number of benzene rings is 2. The number of nitrogens with one attached hydrogen (secondary N) is 1. The predicted molar refractivity (Wildman–Crippen MR) is 151 cm³/mol. The molecule has 1 unspecified atom stereocenters. The molecule has 0 aliphatic heterocycles. The van der Waals surface area contributed by atoms with E-state index in [1.807, 2.05) is 30.3 Å². The van der Waals surface area contributed by atoms with Crippen molar-refractivity contribution < 1.29 is 14.3 Å². The number of carbonyl (C=O) groups is 2. The molecule has 5 rings (SSSR count). The molecule has 0 saturated carbocycles. The van der Waals surface area contributed by atoms with Gasteiger partial charge in [-0.05, 0) is 61.3 Å². The zero-order chi connectivity index (χ0) is 26.1. The minimum Gasteiger partial charge on any atom is -0.462 e. The standard InChI is InChI=1S/C31H32N2O3S/c1-5-36-31(35)28-23-15-10-19(4)16-27(23)37-30(28)33-29(34)24-17-26(32-25-9-7-6-8-22(24)25)21-13-11-20(12-14-21)18(2)3/h6-9,11-14,17-19H,5,10,15-16H2,1-4H3,(H,33,34). The highest BCUT2D eigenvalue weighted by molar-refractivity contribution is 7.17. The van der Waals surface area contributed by atoms with Gasteiger partial charge in [-0.15, -0.1) is 11.3 Å². The van der Waals surface area contributed by atoms with Gasteiger partial charge in [0.1, 0.15) is 5.00 Å². The second-order valence-electron chi connectivity index (χ2n) is 10.1. The summed E-state index contributed by atoms with van der Waals surface area (Å²) in [6, 6.07) is 17.9. The molecular formula is C31H32N2O3S. The number of para-hydroxylation sites is 1. The summed E-state index contributed by atoms with van der Waals surface area (Å²) < 4.78 is 5.39. The molecule has 1 amide bonds. The lowest BCUT2D eigenvalue weighted by Gasteiger charge is -2.18. The van der Waals surface area contributed by atoms with E-state index in [0.717, 1.165) is 47.0 Å². The maximum absolute atomic E-state index is 13.8. The van der Waals surface area contributed by atoms with Crippen LogP contribution in [0.1, 0.15) is 76.8 Å². The second kappa shape index (κ2) is 10.5. The van der Waals surface area contributed by atoms with E-state index in [1.165, 1.54) is 21.8 Å². The number of aromatic nitrogens is 1. The molecule has 5 nitrogen and oxygen atoms in total. The van der Waals surface area contributed by atoms with Crippen molar-refractivity contribution in [2.75, 3.05) is 11.9 Å². The number of carbonyl (C=O) groups excluding carboxylic acids is 2. The Labute approximate surface area is 221 Å². The summed E-state index contributed by atoms with van der Waals surface area (Å²) in [7, 11) is 0. The van der Waals surface area contributed by atoms with E-state index in [0.29, 0.717) is 34.6 Å². The van der Waals surface area contributed by atoms with Gasteiger partial charge in [-0.2, -0.15) is 0 Å². The number of amides is 1. The molecule has 2 heterocycles. The van der Waals surface area contributed by atoms with Crippen LogP contribution in [-0.2, 0) is 17.6 Å². The van der Waals surface area contributed by atoms with E-state index in [2.05, 4.69) is 50.4 Å². The van der Waals surface area contributed by atoms with Gasteiger partial charge in [-0.25, -0.2) is 9.78 Å². The first-order chi connectivity index (χ1) is 17.9. The number of hydrogen-bond donors (Lipinski definition) is 1. The van der Waals surface area contributed by atoms with Crippen LogP contribution in [0.2, 0.25) is 0 Å². The number of hydrogen-bond acceptors (Lipinski definition) is 5. The normalized spacial score (nSPS) is 15.0. The number of ether oxygens (including phenoxy) is 1. The van der Waals surface area contributed by atoms with Gasteiger partial charge in [0.15, 0.2) is 0 Å². The highest BCUT2D eigenvalue weighted by Crippen LogP contribution is 2.40. The number of anilines is 1. The van der Waals surface area contributed by atoms with Crippen molar-refractivity contribution in [3.05, 3.63) is 81.7 Å². The van der Waals surface area contributed by atoms with E-state index in [-0.39, 0.29) is 11.9 Å². The molecule has 0 bridgehead atoms. The fourth-order valence-corrected chi connectivity index (χ4v) is 6.37. The SMILES string of the molecule is CCOC(=O)c1c(NC(=O)c2cc(-c3ccc(C(C)C)cc3)nc3ccccc23)sc2c1CCC(C)C2. The van der Waals surface area contributed by atoms with Crippen molar-refractivity contribution in [3.63, 3.8) is 0 Å². The number of nitrogens with zero attached hydrogens (tertiary/aromatic N) is 1. The van der Waals surface area contributed by atoms with Crippen molar-refractivity contribution in [1.82, 2.24) is 4.98 Å². The van der Waals surface area contributed by atoms with Crippen LogP contribution in [0.25, 0.3) is 22.2 Å². The molecule has 0 radical (unpaired) electrons. The average Bonchev–Trinajstić information content (AvgIpc) is 3.24. The summed E-state index contributed by atoms with van der Waals surface area (Å²) in [5.41, 5.74) is 5.78. The van der Waals surface area contributed by atoms with Crippen LogP contribution in [-0.4, -0.2) is 23.5 Å². The Morgan fingerprint density at radius 2 is 1.89 bits per heavy atom. The molecule has 37 heavy (non-hydrogen) atoms. The Morgan fingerprint density at radius 3 is 2.62 bits per heavy atom. The molecule has 1 atom stereocenters. The summed E-state index contributed by atoms with van der Waals surface area (Å²) >= 11 is 1.50. The van der Waals surface area contributed by atoms with Gasteiger partial charge >= 0.3 is 5.97 Å². The van der Waals surface area contributed by atoms with Crippen LogP contribution in [0.15, 0.2) is 54.6 Å². The van der Waals surface area contributed by atoms with Crippen molar-refractivity contribution >= 4 is 39.1 Å². The second-order valence-corrected chi connectivity index (χ2v) is 11.2. The molecule has 0 saturated heterocycles. The fourth-order valence-electron chi connectivity index (χ4n) is 4.98. The summed E-state index contributed by atoms with van der Waals surface area (Å²) in [5, 5.41) is 4.43. The zero-order valence-corrected chi connectivity index (χ0v) is 22.6.